The first-order chi connectivity index (χ1) is 9.10. The summed E-state index contributed by atoms with van der Waals surface area (Å²) in [6, 6.07) is 4.59. The Kier molecular flexibility index (Phi) is 4.77. The third kappa shape index (κ3) is 3.71. The molecule has 112 valence electrons. The number of hydrogen-bond acceptors (Lipinski definition) is 4. The number of hydrogen-bond donors (Lipinski definition) is 3. The van der Waals surface area contributed by atoms with E-state index in [-0.39, 0.29) is 17.3 Å². The molecule has 0 aromatic heterocycles. The molecule has 0 unspecified atom stereocenters. The van der Waals surface area contributed by atoms with Gasteiger partial charge in [-0.3, -0.25) is 4.79 Å². The standard InChI is InChI=1S/C13H21N3O3S/c1-9-7-10(14)5-6-11(9)20(18,19)16-8-13(2,3)12(17)15-4/h5-7,16H,8,14H2,1-4H3,(H,15,17). The van der Waals surface area contributed by atoms with Crippen LogP contribution in [0, 0.1) is 12.3 Å². The van der Waals surface area contributed by atoms with Crippen molar-refractivity contribution in [3.8, 4) is 0 Å². The maximum Gasteiger partial charge on any atom is 0.240 e. The zero-order valence-corrected chi connectivity index (χ0v) is 13.0. The van der Waals surface area contributed by atoms with E-state index in [9.17, 15) is 13.2 Å². The van der Waals surface area contributed by atoms with Gasteiger partial charge in [-0.05, 0) is 44.5 Å². The molecule has 0 bridgehead atoms. The zero-order chi connectivity index (χ0) is 15.6. The van der Waals surface area contributed by atoms with Gasteiger partial charge in [0.05, 0.1) is 10.3 Å². The van der Waals surface area contributed by atoms with Crippen LogP contribution in [0.15, 0.2) is 23.1 Å². The average Bonchev–Trinajstić information content (AvgIpc) is 2.35. The van der Waals surface area contributed by atoms with E-state index < -0.39 is 15.4 Å². The fraction of sp³-hybridized carbons (Fsp3) is 0.462. The van der Waals surface area contributed by atoms with Gasteiger partial charge >= 0.3 is 0 Å². The molecule has 1 aromatic rings. The van der Waals surface area contributed by atoms with Crippen LogP contribution in [-0.2, 0) is 14.8 Å². The Morgan fingerprint density at radius 1 is 1.35 bits per heavy atom. The first-order valence-corrected chi connectivity index (χ1v) is 7.66. The molecule has 0 spiro atoms. The minimum atomic E-state index is -3.67. The molecular formula is C13H21N3O3S. The minimum absolute atomic E-state index is 0.0127. The molecule has 6 nitrogen and oxygen atoms in total. The van der Waals surface area contributed by atoms with Gasteiger partial charge in [0.15, 0.2) is 0 Å². The first kappa shape index (κ1) is 16.5. The fourth-order valence-electron chi connectivity index (χ4n) is 1.75. The van der Waals surface area contributed by atoms with E-state index in [1.165, 1.54) is 19.2 Å². The molecule has 1 aromatic carbocycles. The molecule has 7 heteroatoms. The highest BCUT2D eigenvalue weighted by Crippen LogP contribution is 2.19. The van der Waals surface area contributed by atoms with Crippen molar-refractivity contribution in [2.24, 2.45) is 5.41 Å². The maximum absolute atomic E-state index is 12.2. The van der Waals surface area contributed by atoms with Crippen LogP contribution in [0.1, 0.15) is 19.4 Å². The van der Waals surface area contributed by atoms with Gasteiger partial charge in [-0.2, -0.15) is 0 Å². The molecule has 0 heterocycles. The highest BCUT2D eigenvalue weighted by atomic mass is 32.2. The van der Waals surface area contributed by atoms with Gasteiger partial charge in [0.1, 0.15) is 0 Å². The number of sulfonamides is 1. The molecule has 0 aliphatic carbocycles. The van der Waals surface area contributed by atoms with Crippen LogP contribution in [0.25, 0.3) is 0 Å². The smallest absolute Gasteiger partial charge is 0.240 e. The van der Waals surface area contributed by atoms with Crippen molar-refractivity contribution in [1.29, 1.82) is 0 Å². The predicted octanol–water partition coefficient (Wildman–Crippen LogP) is 0.628. The van der Waals surface area contributed by atoms with Crippen molar-refractivity contribution < 1.29 is 13.2 Å². The van der Waals surface area contributed by atoms with Crippen molar-refractivity contribution in [2.45, 2.75) is 25.7 Å². The molecule has 0 atom stereocenters. The summed E-state index contributed by atoms with van der Waals surface area (Å²) in [5.41, 5.74) is 5.85. The molecule has 0 fully saturated rings. The Balaban J connectivity index is 2.94. The maximum atomic E-state index is 12.2. The lowest BCUT2D eigenvalue weighted by molar-refractivity contribution is -0.128. The SMILES string of the molecule is CNC(=O)C(C)(C)CNS(=O)(=O)c1ccc(N)cc1C. The third-order valence-electron chi connectivity index (χ3n) is 3.03. The van der Waals surface area contributed by atoms with E-state index in [1.807, 2.05) is 0 Å². The molecule has 4 N–H and O–H groups in total. The Bertz CT molecular complexity index is 609. The molecule has 20 heavy (non-hydrogen) atoms. The second kappa shape index (κ2) is 5.80. The summed E-state index contributed by atoms with van der Waals surface area (Å²) in [5, 5.41) is 2.51. The lowest BCUT2D eigenvalue weighted by atomic mass is 9.93. The lowest BCUT2D eigenvalue weighted by Crippen LogP contribution is -2.43. The van der Waals surface area contributed by atoms with Crippen molar-refractivity contribution in [2.75, 3.05) is 19.3 Å². The number of anilines is 1. The molecule has 0 saturated carbocycles. The topological polar surface area (TPSA) is 101 Å². The highest BCUT2D eigenvalue weighted by molar-refractivity contribution is 7.89. The van der Waals surface area contributed by atoms with Gasteiger partial charge in [0.2, 0.25) is 15.9 Å². The van der Waals surface area contributed by atoms with Gasteiger partial charge in [-0.25, -0.2) is 13.1 Å². The normalized spacial score (nSPS) is 12.2. The van der Waals surface area contributed by atoms with Crippen LogP contribution in [0.3, 0.4) is 0 Å². The number of nitrogen functional groups attached to an aromatic ring is 1. The number of carbonyl (C=O) groups excluding carboxylic acids is 1. The van der Waals surface area contributed by atoms with Crippen LogP contribution >= 0.6 is 0 Å². The number of rotatable bonds is 5. The van der Waals surface area contributed by atoms with Gasteiger partial charge in [0.25, 0.3) is 0 Å². The Labute approximate surface area is 119 Å². The van der Waals surface area contributed by atoms with Gasteiger partial charge in [-0.15, -0.1) is 0 Å². The van der Waals surface area contributed by atoms with E-state index in [1.54, 1.807) is 26.8 Å². The number of nitrogens with two attached hydrogens (primary N) is 1. The van der Waals surface area contributed by atoms with Crippen LogP contribution in [-0.4, -0.2) is 27.9 Å². The van der Waals surface area contributed by atoms with Crippen LogP contribution in [0.4, 0.5) is 5.69 Å². The molecule has 0 saturated heterocycles. The molecule has 1 rings (SSSR count). The highest BCUT2D eigenvalue weighted by Gasteiger charge is 2.29. The first-order valence-electron chi connectivity index (χ1n) is 6.18. The van der Waals surface area contributed by atoms with E-state index in [0.29, 0.717) is 11.3 Å². The molecule has 0 aliphatic rings. The minimum Gasteiger partial charge on any atom is -0.399 e. The summed E-state index contributed by atoms with van der Waals surface area (Å²) in [6.07, 6.45) is 0. The summed E-state index contributed by atoms with van der Waals surface area (Å²) in [6.45, 7) is 5.03. The molecule has 0 radical (unpaired) electrons. The molecule has 0 aliphatic heterocycles. The van der Waals surface area contributed by atoms with E-state index in [2.05, 4.69) is 10.0 Å². The monoisotopic (exact) mass is 299 g/mol. The van der Waals surface area contributed by atoms with Gasteiger partial charge in [0, 0.05) is 19.3 Å². The summed E-state index contributed by atoms with van der Waals surface area (Å²) in [4.78, 5) is 11.8. The van der Waals surface area contributed by atoms with Crippen molar-refractivity contribution in [1.82, 2.24) is 10.0 Å². The van der Waals surface area contributed by atoms with Crippen LogP contribution < -0.4 is 15.8 Å². The van der Waals surface area contributed by atoms with E-state index in [0.717, 1.165) is 0 Å². The second-order valence-electron chi connectivity index (χ2n) is 5.31. The quantitative estimate of drug-likeness (QED) is 0.694. The Hall–Kier alpha value is -1.60. The Morgan fingerprint density at radius 3 is 2.45 bits per heavy atom. The average molecular weight is 299 g/mol. The van der Waals surface area contributed by atoms with Crippen molar-refractivity contribution in [3.05, 3.63) is 23.8 Å². The Morgan fingerprint density at radius 2 is 1.95 bits per heavy atom. The summed E-state index contributed by atoms with van der Waals surface area (Å²) in [5.74, 6) is -0.228. The van der Waals surface area contributed by atoms with Crippen molar-refractivity contribution >= 4 is 21.6 Å². The molecule has 1 amide bonds. The lowest BCUT2D eigenvalue weighted by Gasteiger charge is -2.23. The summed E-state index contributed by atoms with van der Waals surface area (Å²) in [7, 11) is -2.15. The summed E-state index contributed by atoms with van der Waals surface area (Å²) >= 11 is 0. The fourth-order valence-corrected chi connectivity index (χ4v) is 3.18. The molecular weight excluding hydrogens is 278 g/mol. The number of nitrogens with one attached hydrogen (secondary N) is 2. The zero-order valence-electron chi connectivity index (χ0n) is 12.1. The summed E-state index contributed by atoms with van der Waals surface area (Å²) < 4.78 is 26.9. The predicted molar refractivity (Wildman–Crippen MR) is 78.6 cm³/mol. The number of aryl methyl sites for hydroxylation is 1. The van der Waals surface area contributed by atoms with E-state index >= 15 is 0 Å². The van der Waals surface area contributed by atoms with Crippen molar-refractivity contribution in [3.63, 3.8) is 0 Å². The van der Waals surface area contributed by atoms with Crippen LogP contribution in [0.2, 0.25) is 0 Å². The third-order valence-corrected chi connectivity index (χ3v) is 4.60. The second-order valence-corrected chi connectivity index (χ2v) is 7.05. The van der Waals surface area contributed by atoms with E-state index in [4.69, 9.17) is 5.73 Å². The number of amides is 1. The van der Waals surface area contributed by atoms with Crippen LogP contribution in [0.5, 0.6) is 0 Å². The van der Waals surface area contributed by atoms with Gasteiger partial charge < -0.3 is 11.1 Å². The van der Waals surface area contributed by atoms with Gasteiger partial charge in [-0.1, -0.05) is 0 Å². The largest absolute Gasteiger partial charge is 0.399 e. The number of benzene rings is 1. The number of carbonyl (C=O) groups is 1.